The highest BCUT2D eigenvalue weighted by Gasteiger charge is 2.24. The highest BCUT2D eigenvalue weighted by molar-refractivity contribution is 5.85. The number of aliphatic hydroxyl groups excluding tert-OH is 1. The second kappa shape index (κ2) is 7.69. The molecule has 2 aliphatic rings. The summed E-state index contributed by atoms with van der Waals surface area (Å²) < 4.78 is 0. The summed E-state index contributed by atoms with van der Waals surface area (Å²) in [5.41, 5.74) is 0. The zero-order chi connectivity index (χ0) is 9.10. The number of nitrogens with one attached hydrogen (secondary N) is 1. The molecule has 3 nitrogen and oxygen atoms in total. The second-order valence-electron chi connectivity index (χ2n) is 4.27. The van der Waals surface area contributed by atoms with Crippen LogP contribution in [-0.4, -0.2) is 48.3 Å². The highest BCUT2D eigenvalue weighted by atomic mass is 35.5. The summed E-state index contributed by atoms with van der Waals surface area (Å²) in [6.07, 6.45) is 4.55. The van der Waals surface area contributed by atoms with Crippen molar-refractivity contribution < 1.29 is 5.11 Å². The van der Waals surface area contributed by atoms with Gasteiger partial charge in [0.1, 0.15) is 0 Å². The molecule has 1 atom stereocenters. The van der Waals surface area contributed by atoms with Crippen molar-refractivity contribution in [1.29, 1.82) is 0 Å². The normalized spacial score (nSPS) is 29.0. The Morgan fingerprint density at radius 3 is 2.27 bits per heavy atom. The third-order valence-electron chi connectivity index (χ3n) is 3.29. The number of halogens is 2. The predicted octanol–water partition coefficient (Wildman–Crippen LogP) is 1.04. The van der Waals surface area contributed by atoms with Gasteiger partial charge in [-0.05, 0) is 32.2 Å². The van der Waals surface area contributed by atoms with Crippen molar-refractivity contribution >= 4 is 24.8 Å². The fourth-order valence-corrected chi connectivity index (χ4v) is 2.40. The summed E-state index contributed by atoms with van der Waals surface area (Å²) in [7, 11) is 0. The van der Waals surface area contributed by atoms with Crippen LogP contribution in [0.4, 0.5) is 0 Å². The van der Waals surface area contributed by atoms with Crippen molar-refractivity contribution in [2.45, 2.75) is 37.8 Å². The Morgan fingerprint density at radius 2 is 1.73 bits per heavy atom. The highest BCUT2D eigenvalue weighted by Crippen LogP contribution is 2.16. The Labute approximate surface area is 104 Å². The zero-order valence-corrected chi connectivity index (χ0v) is 10.7. The van der Waals surface area contributed by atoms with E-state index < -0.39 is 0 Å². The molecule has 0 radical (unpaired) electrons. The predicted molar refractivity (Wildman–Crippen MR) is 67.2 cm³/mol. The van der Waals surface area contributed by atoms with Crippen LogP contribution in [0.15, 0.2) is 0 Å². The number of nitrogens with zero attached hydrogens (tertiary/aromatic N) is 1. The number of rotatable bonds is 1. The first-order valence-electron chi connectivity index (χ1n) is 5.49. The van der Waals surface area contributed by atoms with Crippen LogP contribution in [0.3, 0.4) is 0 Å². The Balaban J connectivity index is 0.000000980. The van der Waals surface area contributed by atoms with Crippen LogP contribution >= 0.6 is 24.8 Å². The molecule has 2 aliphatic heterocycles. The van der Waals surface area contributed by atoms with Crippen LogP contribution in [0.1, 0.15) is 25.7 Å². The van der Waals surface area contributed by atoms with E-state index in [1.165, 1.54) is 19.4 Å². The van der Waals surface area contributed by atoms with Crippen LogP contribution in [0.5, 0.6) is 0 Å². The number of likely N-dealkylation sites (tertiary alicyclic amines) is 1. The van der Waals surface area contributed by atoms with Gasteiger partial charge in [-0.15, -0.1) is 24.8 Å². The summed E-state index contributed by atoms with van der Waals surface area (Å²) in [5.74, 6) is 0. The summed E-state index contributed by atoms with van der Waals surface area (Å²) in [4.78, 5) is 2.54. The molecule has 0 bridgehead atoms. The van der Waals surface area contributed by atoms with Gasteiger partial charge in [-0.2, -0.15) is 0 Å². The minimum absolute atomic E-state index is 0. The van der Waals surface area contributed by atoms with Gasteiger partial charge in [0.2, 0.25) is 0 Å². The van der Waals surface area contributed by atoms with E-state index in [-0.39, 0.29) is 30.9 Å². The fraction of sp³-hybridized carbons (Fsp3) is 1.00. The van der Waals surface area contributed by atoms with Crippen molar-refractivity contribution in [1.82, 2.24) is 10.2 Å². The van der Waals surface area contributed by atoms with Gasteiger partial charge in [0, 0.05) is 25.7 Å². The van der Waals surface area contributed by atoms with Gasteiger partial charge in [-0.25, -0.2) is 0 Å². The van der Waals surface area contributed by atoms with Crippen LogP contribution in [0.25, 0.3) is 0 Å². The second-order valence-corrected chi connectivity index (χ2v) is 4.27. The SMILES string of the molecule is Cl.Cl.OC1CCN(C2CCCNC2)CC1. The van der Waals surface area contributed by atoms with Crippen LogP contribution in [0, 0.1) is 0 Å². The van der Waals surface area contributed by atoms with Gasteiger partial charge >= 0.3 is 0 Å². The molecular weight excluding hydrogens is 235 g/mol. The Bertz CT molecular complexity index is 158. The largest absolute Gasteiger partial charge is 0.393 e. The molecule has 0 aromatic rings. The van der Waals surface area contributed by atoms with Gasteiger partial charge in [0.05, 0.1) is 6.10 Å². The van der Waals surface area contributed by atoms with E-state index >= 15 is 0 Å². The van der Waals surface area contributed by atoms with Gasteiger partial charge in [0.25, 0.3) is 0 Å². The maximum absolute atomic E-state index is 9.38. The molecule has 0 amide bonds. The molecule has 5 heteroatoms. The van der Waals surface area contributed by atoms with Gasteiger partial charge in [-0.1, -0.05) is 0 Å². The molecule has 0 aromatic carbocycles. The minimum Gasteiger partial charge on any atom is -0.393 e. The number of hydrogen-bond acceptors (Lipinski definition) is 3. The molecule has 0 saturated carbocycles. The van der Waals surface area contributed by atoms with Crippen LogP contribution < -0.4 is 5.32 Å². The Morgan fingerprint density at radius 1 is 1.07 bits per heavy atom. The maximum Gasteiger partial charge on any atom is 0.0564 e. The lowest BCUT2D eigenvalue weighted by molar-refractivity contribution is 0.0541. The van der Waals surface area contributed by atoms with Gasteiger partial charge in [-0.3, -0.25) is 4.90 Å². The summed E-state index contributed by atoms with van der Waals surface area (Å²) in [5, 5.41) is 12.8. The maximum atomic E-state index is 9.38. The quantitative estimate of drug-likeness (QED) is 0.736. The molecule has 0 aromatic heterocycles. The molecule has 0 spiro atoms. The lowest BCUT2D eigenvalue weighted by Gasteiger charge is -2.38. The van der Waals surface area contributed by atoms with Crippen molar-refractivity contribution in [2.75, 3.05) is 26.2 Å². The monoisotopic (exact) mass is 256 g/mol. The lowest BCUT2D eigenvalue weighted by atomic mass is 10.0. The number of hydrogen-bond donors (Lipinski definition) is 2. The lowest BCUT2D eigenvalue weighted by Crippen LogP contribution is -2.49. The van der Waals surface area contributed by atoms with E-state index in [9.17, 15) is 5.11 Å². The first-order valence-corrected chi connectivity index (χ1v) is 5.49. The molecule has 2 saturated heterocycles. The van der Waals surface area contributed by atoms with Crippen molar-refractivity contribution in [3.05, 3.63) is 0 Å². The summed E-state index contributed by atoms with van der Waals surface area (Å²) >= 11 is 0. The van der Waals surface area contributed by atoms with Crippen molar-refractivity contribution in [3.63, 3.8) is 0 Å². The average molecular weight is 257 g/mol. The van der Waals surface area contributed by atoms with Gasteiger partial charge in [0.15, 0.2) is 0 Å². The van der Waals surface area contributed by atoms with Gasteiger partial charge < -0.3 is 10.4 Å². The van der Waals surface area contributed by atoms with Crippen LogP contribution in [0.2, 0.25) is 0 Å². The van der Waals surface area contributed by atoms with Crippen molar-refractivity contribution in [3.8, 4) is 0 Å². The molecule has 2 heterocycles. The molecule has 15 heavy (non-hydrogen) atoms. The molecule has 2 fully saturated rings. The van der Waals surface area contributed by atoms with E-state index in [1.54, 1.807) is 0 Å². The summed E-state index contributed by atoms with van der Waals surface area (Å²) in [6, 6.07) is 0.737. The molecule has 0 aliphatic carbocycles. The smallest absolute Gasteiger partial charge is 0.0564 e. The Kier molecular flexibility index (Phi) is 7.92. The molecular formula is C10H22Cl2N2O. The first-order chi connectivity index (χ1) is 6.36. The molecule has 1 unspecified atom stereocenters. The number of piperidine rings is 2. The average Bonchev–Trinajstić information content (AvgIpc) is 2.20. The van der Waals surface area contributed by atoms with E-state index in [0.29, 0.717) is 0 Å². The fourth-order valence-electron chi connectivity index (χ4n) is 2.40. The third kappa shape index (κ3) is 4.45. The minimum atomic E-state index is -0.0344. The van der Waals surface area contributed by atoms with E-state index in [0.717, 1.165) is 38.5 Å². The van der Waals surface area contributed by atoms with E-state index in [2.05, 4.69) is 10.2 Å². The number of aliphatic hydroxyl groups is 1. The third-order valence-corrected chi connectivity index (χ3v) is 3.29. The van der Waals surface area contributed by atoms with E-state index in [1.807, 2.05) is 0 Å². The van der Waals surface area contributed by atoms with Crippen molar-refractivity contribution in [2.24, 2.45) is 0 Å². The zero-order valence-electron chi connectivity index (χ0n) is 9.02. The summed E-state index contributed by atoms with van der Waals surface area (Å²) in [6.45, 7) is 4.52. The molecule has 2 N–H and O–H groups in total. The van der Waals surface area contributed by atoms with Crippen LogP contribution in [-0.2, 0) is 0 Å². The standard InChI is InChI=1S/C10H20N2O.2ClH/c13-10-3-6-12(7-4-10)9-2-1-5-11-8-9;;/h9-11,13H,1-8H2;2*1H. The van der Waals surface area contributed by atoms with E-state index in [4.69, 9.17) is 0 Å². The Hall–Kier alpha value is 0.460. The topological polar surface area (TPSA) is 35.5 Å². The molecule has 92 valence electrons. The first kappa shape index (κ1) is 15.5. The molecule has 2 rings (SSSR count).